The first kappa shape index (κ1) is 22.4. The van der Waals surface area contributed by atoms with Crippen LogP contribution in [0.15, 0.2) is 53.5 Å². The Bertz CT molecular complexity index is 766. The van der Waals surface area contributed by atoms with Crippen LogP contribution in [0.4, 0.5) is 10.1 Å². The maximum atomic E-state index is 14.5. The molecule has 7 heteroatoms. The summed E-state index contributed by atoms with van der Waals surface area (Å²) >= 11 is 0. The minimum atomic E-state index is -0.197. The van der Waals surface area contributed by atoms with Crippen molar-refractivity contribution in [1.82, 2.24) is 10.6 Å². The highest BCUT2D eigenvalue weighted by atomic mass is 127. The predicted molar refractivity (Wildman–Crippen MR) is 123 cm³/mol. The van der Waals surface area contributed by atoms with Crippen molar-refractivity contribution >= 4 is 35.6 Å². The van der Waals surface area contributed by atoms with E-state index in [-0.39, 0.29) is 35.8 Å². The van der Waals surface area contributed by atoms with Gasteiger partial charge in [-0.25, -0.2) is 4.39 Å². The lowest BCUT2D eigenvalue weighted by atomic mass is 10.1. The van der Waals surface area contributed by atoms with Gasteiger partial charge in [-0.1, -0.05) is 36.4 Å². The molecule has 28 heavy (non-hydrogen) atoms. The van der Waals surface area contributed by atoms with E-state index in [9.17, 15) is 4.39 Å². The third-order valence-electron chi connectivity index (χ3n) is 4.70. The molecule has 1 fully saturated rings. The van der Waals surface area contributed by atoms with E-state index in [0.717, 1.165) is 18.7 Å². The Kier molecular flexibility index (Phi) is 8.98. The third kappa shape index (κ3) is 6.07. The first-order valence-electron chi connectivity index (χ1n) is 9.30. The van der Waals surface area contributed by atoms with Gasteiger partial charge in [-0.05, 0) is 30.2 Å². The van der Waals surface area contributed by atoms with Crippen molar-refractivity contribution in [3.8, 4) is 0 Å². The second-order valence-electron chi connectivity index (χ2n) is 6.59. The molecule has 0 saturated carbocycles. The van der Waals surface area contributed by atoms with E-state index in [1.54, 1.807) is 13.1 Å². The highest BCUT2D eigenvalue weighted by molar-refractivity contribution is 14.0. The van der Waals surface area contributed by atoms with E-state index in [0.29, 0.717) is 31.4 Å². The van der Waals surface area contributed by atoms with Crippen LogP contribution in [-0.4, -0.2) is 39.3 Å². The summed E-state index contributed by atoms with van der Waals surface area (Å²) in [6.07, 6.45) is 0. The maximum Gasteiger partial charge on any atom is 0.191 e. The first-order chi connectivity index (χ1) is 13.2. The summed E-state index contributed by atoms with van der Waals surface area (Å²) in [6, 6.07) is 15.7. The van der Waals surface area contributed by atoms with Crippen LogP contribution < -0.4 is 15.5 Å². The Morgan fingerprint density at radius 2 is 1.89 bits per heavy atom. The fourth-order valence-corrected chi connectivity index (χ4v) is 3.13. The van der Waals surface area contributed by atoms with Gasteiger partial charge >= 0.3 is 0 Å². The minimum absolute atomic E-state index is 0. The summed E-state index contributed by atoms with van der Waals surface area (Å²) in [5.41, 5.74) is 2.70. The number of nitrogens with one attached hydrogen (secondary N) is 2. The van der Waals surface area contributed by atoms with Gasteiger partial charge in [-0.15, -0.1) is 24.0 Å². The van der Waals surface area contributed by atoms with Crippen LogP contribution >= 0.6 is 24.0 Å². The molecule has 152 valence electrons. The number of halogens is 2. The van der Waals surface area contributed by atoms with Crippen LogP contribution in [0.1, 0.15) is 24.1 Å². The number of rotatable bonds is 5. The van der Waals surface area contributed by atoms with E-state index in [2.05, 4.69) is 34.7 Å². The molecule has 2 N–H and O–H groups in total. The number of ether oxygens (including phenoxy) is 1. The predicted octanol–water partition coefficient (Wildman–Crippen LogP) is 3.71. The molecule has 2 aromatic rings. The highest BCUT2D eigenvalue weighted by Gasteiger charge is 2.15. The molecule has 1 atom stereocenters. The molecule has 0 spiro atoms. The monoisotopic (exact) mass is 498 g/mol. The minimum Gasteiger partial charge on any atom is -0.378 e. The molecule has 5 nitrogen and oxygen atoms in total. The Balaban J connectivity index is 0.00000280. The first-order valence-corrected chi connectivity index (χ1v) is 9.30. The van der Waals surface area contributed by atoms with Gasteiger partial charge in [0.25, 0.3) is 0 Å². The van der Waals surface area contributed by atoms with E-state index in [4.69, 9.17) is 4.74 Å². The molecular weight excluding hydrogens is 470 g/mol. The standard InChI is InChI=1S/C21H27FN4O.HI/c1-16(18-6-4-3-5-7-18)25-21(23-2)24-15-17-8-9-20(19(22)14-17)26-10-12-27-13-11-26;/h3-9,14,16H,10-13,15H2,1-2H3,(H2,23,24,25);1H. The lowest BCUT2D eigenvalue weighted by Gasteiger charge is -2.29. The van der Waals surface area contributed by atoms with Crippen LogP contribution in [0.2, 0.25) is 0 Å². The zero-order valence-electron chi connectivity index (χ0n) is 16.3. The largest absolute Gasteiger partial charge is 0.378 e. The summed E-state index contributed by atoms with van der Waals surface area (Å²) in [5, 5.41) is 6.61. The fraction of sp³-hybridized carbons (Fsp3) is 0.381. The average Bonchev–Trinajstić information content (AvgIpc) is 2.72. The van der Waals surface area contributed by atoms with Gasteiger partial charge in [-0.3, -0.25) is 4.99 Å². The number of hydrogen-bond donors (Lipinski definition) is 2. The Morgan fingerprint density at radius 1 is 1.18 bits per heavy atom. The SMILES string of the molecule is CN=C(NCc1ccc(N2CCOCC2)c(F)c1)NC(C)c1ccccc1.I. The van der Waals surface area contributed by atoms with E-state index >= 15 is 0 Å². The van der Waals surface area contributed by atoms with Gasteiger partial charge in [0.05, 0.1) is 24.9 Å². The van der Waals surface area contributed by atoms with Gasteiger partial charge in [0.1, 0.15) is 5.82 Å². The van der Waals surface area contributed by atoms with Crippen LogP contribution in [0.3, 0.4) is 0 Å². The second kappa shape index (κ2) is 11.2. The summed E-state index contributed by atoms with van der Waals surface area (Å²) in [4.78, 5) is 6.29. The number of nitrogens with zero attached hydrogens (tertiary/aromatic N) is 2. The molecule has 1 aliphatic rings. The number of benzene rings is 2. The molecule has 1 heterocycles. The van der Waals surface area contributed by atoms with Crippen molar-refractivity contribution < 1.29 is 9.13 Å². The number of morpholine rings is 1. The van der Waals surface area contributed by atoms with Gasteiger partial charge in [0.2, 0.25) is 0 Å². The van der Waals surface area contributed by atoms with Crippen molar-refractivity contribution in [3.05, 3.63) is 65.5 Å². The average molecular weight is 498 g/mol. The van der Waals surface area contributed by atoms with Crippen LogP contribution in [0.5, 0.6) is 0 Å². The fourth-order valence-electron chi connectivity index (χ4n) is 3.13. The van der Waals surface area contributed by atoms with Crippen molar-refractivity contribution in [2.45, 2.75) is 19.5 Å². The van der Waals surface area contributed by atoms with Crippen molar-refractivity contribution in [2.75, 3.05) is 38.3 Å². The molecule has 0 aromatic heterocycles. The summed E-state index contributed by atoms with van der Waals surface area (Å²) in [6.45, 7) is 5.32. The van der Waals surface area contributed by atoms with Gasteiger partial charge in [-0.2, -0.15) is 0 Å². The van der Waals surface area contributed by atoms with Crippen molar-refractivity contribution in [3.63, 3.8) is 0 Å². The zero-order valence-corrected chi connectivity index (χ0v) is 18.7. The summed E-state index contributed by atoms with van der Waals surface area (Å²) in [7, 11) is 1.73. The lowest BCUT2D eigenvalue weighted by Crippen LogP contribution is -2.38. The molecule has 1 saturated heterocycles. The van der Waals surface area contributed by atoms with E-state index < -0.39 is 0 Å². The molecule has 0 bridgehead atoms. The number of guanidine groups is 1. The number of hydrogen-bond acceptors (Lipinski definition) is 3. The molecule has 2 aromatic carbocycles. The van der Waals surface area contributed by atoms with Crippen molar-refractivity contribution in [2.24, 2.45) is 4.99 Å². The molecule has 1 aliphatic heterocycles. The van der Waals surface area contributed by atoms with E-state index in [1.807, 2.05) is 35.2 Å². The Hall–Kier alpha value is -1.87. The zero-order chi connectivity index (χ0) is 19.1. The highest BCUT2D eigenvalue weighted by Crippen LogP contribution is 2.21. The van der Waals surface area contributed by atoms with E-state index in [1.165, 1.54) is 5.56 Å². The third-order valence-corrected chi connectivity index (χ3v) is 4.70. The smallest absolute Gasteiger partial charge is 0.191 e. The molecule has 0 radical (unpaired) electrons. The number of aliphatic imine (C=N–C) groups is 1. The maximum absolute atomic E-state index is 14.5. The van der Waals surface area contributed by atoms with Gasteiger partial charge in [0.15, 0.2) is 5.96 Å². The Morgan fingerprint density at radius 3 is 2.54 bits per heavy atom. The quantitative estimate of drug-likeness (QED) is 0.375. The Labute approximate surface area is 183 Å². The molecule has 1 unspecified atom stereocenters. The second-order valence-corrected chi connectivity index (χ2v) is 6.59. The molecule has 3 rings (SSSR count). The summed E-state index contributed by atoms with van der Waals surface area (Å²) in [5.74, 6) is 0.487. The van der Waals surface area contributed by atoms with Gasteiger partial charge < -0.3 is 20.3 Å². The molecule has 0 amide bonds. The van der Waals surface area contributed by atoms with Crippen LogP contribution in [0, 0.1) is 5.82 Å². The van der Waals surface area contributed by atoms with Crippen LogP contribution in [-0.2, 0) is 11.3 Å². The summed E-state index contributed by atoms with van der Waals surface area (Å²) < 4.78 is 19.8. The lowest BCUT2D eigenvalue weighted by molar-refractivity contribution is 0.122. The van der Waals surface area contributed by atoms with Crippen molar-refractivity contribution in [1.29, 1.82) is 0 Å². The molecule has 0 aliphatic carbocycles. The number of anilines is 1. The molecular formula is C21H28FIN4O. The topological polar surface area (TPSA) is 48.9 Å². The normalized spacial score (nSPS) is 15.5. The van der Waals surface area contributed by atoms with Crippen LogP contribution in [0.25, 0.3) is 0 Å². The van der Waals surface area contributed by atoms with Gasteiger partial charge in [0, 0.05) is 26.7 Å².